The van der Waals surface area contributed by atoms with Crippen molar-refractivity contribution >= 4 is 40.1 Å². The minimum atomic E-state index is -1.34. The molecule has 0 atom stereocenters. The van der Waals surface area contributed by atoms with Gasteiger partial charge in [-0.1, -0.05) is 29.3 Å². The molecule has 0 spiro atoms. The SMILES string of the molecule is Cc1c(CC(=O)[O-])c(=O)oc2cc(OCc3c(Cl)cccc3Cl)ccc12. The Morgan fingerprint density at radius 3 is 2.50 bits per heavy atom. The molecule has 26 heavy (non-hydrogen) atoms. The van der Waals surface area contributed by atoms with E-state index in [1.165, 1.54) is 0 Å². The summed E-state index contributed by atoms with van der Waals surface area (Å²) in [5.41, 5.74) is 0.871. The Balaban J connectivity index is 1.92. The molecule has 5 nitrogen and oxygen atoms in total. The lowest BCUT2D eigenvalue weighted by molar-refractivity contribution is -0.304. The summed E-state index contributed by atoms with van der Waals surface area (Å²) in [6.45, 7) is 1.82. The monoisotopic (exact) mass is 391 g/mol. The highest BCUT2D eigenvalue weighted by molar-refractivity contribution is 6.35. The second-order valence-electron chi connectivity index (χ2n) is 5.69. The number of rotatable bonds is 5. The zero-order chi connectivity index (χ0) is 18.8. The van der Waals surface area contributed by atoms with Crippen molar-refractivity contribution in [3.05, 3.63) is 73.6 Å². The number of hydrogen-bond donors (Lipinski definition) is 0. The van der Waals surface area contributed by atoms with Crippen LogP contribution in [-0.4, -0.2) is 5.97 Å². The molecule has 0 saturated carbocycles. The summed E-state index contributed by atoms with van der Waals surface area (Å²) in [5, 5.41) is 12.4. The molecule has 7 heteroatoms. The van der Waals surface area contributed by atoms with Crippen molar-refractivity contribution in [3.8, 4) is 5.75 Å². The van der Waals surface area contributed by atoms with E-state index in [1.807, 2.05) is 0 Å². The number of carbonyl (C=O) groups excluding carboxylic acids is 1. The van der Waals surface area contributed by atoms with Crippen molar-refractivity contribution < 1.29 is 19.1 Å². The number of benzene rings is 2. The van der Waals surface area contributed by atoms with Crippen molar-refractivity contribution in [2.45, 2.75) is 20.0 Å². The Morgan fingerprint density at radius 2 is 1.85 bits per heavy atom. The molecular weight excluding hydrogens is 379 g/mol. The first kappa shape index (κ1) is 18.3. The molecule has 0 aliphatic heterocycles. The molecule has 0 radical (unpaired) electrons. The molecular formula is C19H13Cl2O5-. The Hall–Kier alpha value is -2.50. The number of hydrogen-bond acceptors (Lipinski definition) is 5. The molecule has 0 N–H and O–H groups in total. The molecule has 1 heterocycles. The fourth-order valence-electron chi connectivity index (χ4n) is 2.64. The molecule has 0 aliphatic carbocycles. The minimum Gasteiger partial charge on any atom is -0.550 e. The maximum absolute atomic E-state index is 12.0. The third kappa shape index (κ3) is 3.69. The van der Waals surface area contributed by atoms with E-state index in [9.17, 15) is 14.7 Å². The second kappa shape index (κ2) is 7.40. The summed E-state index contributed by atoms with van der Waals surface area (Å²) in [7, 11) is 0. The highest BCUT2D eigenvalue weighted by Crippen LogP contribution is 2.28. The summed E-state index contributed by atoms with van der Waals surface area (Å²) < 4.78 is 10.9. The summed E-state index contributed by atoms with van der Waals surface area (Å²) in [6, 6.07) is 10.1. The number of carbonyl (C=O) groups is 1. The highest BCUT2D eigenvalue weighted by Gasteiger charge is 2.13. The minimum absolute atomic E-state index is 0.0778. The summed E-state index contributed by atoms with van der Waals surface area (Å²) in [5.74, 6) is -0.875. The van der Waals surface area contributed by atoms with Crippen LogP contribution in [0.5, 0.6) is 5.75 Å². The zero-order valence-electron chi connectivity index (χ0n) is 13.7. The molecule has 0 aliphatic rings. The van der Waals surface area contributed by atoms with Gasteiger partial charge in [0.2, 0.25) is 0 Å². The van der Waals surface area contributed by atoms with E-state index in [-0.39, 0.29) is 12.2 Å². The van der Waals surface area contributed by atoms with Gasteiger partial charge in [0.1, 0.15) is 17.9 Å². The average molecular weight is 392 g/mol. The van der Waals surface area contributed by atoms with Crippen LogP contribution in [0.15, 0.2) is 45.6 Å². The van der Waals surface area contributed by atoms with Gasteiger partial charge < -0.3 is 19.1 Å². The number of aliphatic carboxylic acids is 1. The van der Waals surface area contributed by atoms with E-state index in [2.05, 4.69) is 0 Å². The van der Waals surface area contributed by atoms with Gasteiger partial charge in [-0.3, -0.25) is 0 Å². The number of carboxylic acid groups (broad SMARTS) is 1. The van der Waals surface area contributed by atoms with Crippen molar-refractivity contribution in [1.82, 2.24) is 0 Å². The number of ether oxygens (including phenoxy) is 1. The predicted octanol–water partition coefficient (Wildman–Crippen LogP) is 3.28. The van der Waals surface area contributed by atoms with Crippen LogP contribution in [0.4, 0.5) is 0 Å². The first-order valence-electron chi connectivity index (χ1n) is 7.68. The fourth-order valence-corrected chi connectivity index (χ4v) is 3.15. The zero-order valence-corrected chi connectivity index (χ0v) is 15.2. The number of aryl methyl sites for hydroxylation is 1. The van der Waals surface area contributed by atoms with Crippen LogP contribution in [0.1, 0.15) is 16.7 Å². The Morgan fingerprint density at radius 1 is 1.15 bits per heavy atom. The molecule has 0 unspecified atom stereocenters. The van der Waals surface area contributed by atoms with Gasteiger partial charge in [-0.25, -0.2) is 4.79 Å². The molecule has 3 aromatic rings. The Bertz CT molecular complexity index is 1040. The first-order chi connectivity index (χ1) is 12.4. The summed E-state index contributed by atoms with van der Waals surface area (Å²) in [4.78, 5) is 22.8. The Kier molecular flexibility index (Phi) is 5.20. The van der Waals surface area contributed by atoms with Crippen molar-refractivity contribution in [2.75, 3.05) is 0 Å². The van der Waals surface area contributed by atoms with Gasteiger partial charge in [-0.15, -0.1) is 0 Å². The topological polar surface area (TPSA) is 79.6 Å². The average Bonchev–Trinajstić information content (AvgIpc) is 2.58. The van der Waals surface area contributed by atoms with E-state index in [1.54, 1.807) is 43.3 Å². The van der Waals surface area contributed by atoms with Gasteiger partial charge in [0.25, 0.3) is 0 Å². The largest absolute Gasteiger partial charge is 0.550 e. The van der Waals surface area contributed by atoms with E-state index in [0.717, 1.165) is 0 Å². The van der Waals surface area contributed by atoms with Crippen molar-refractivity contribution in [1.29, 1.82) is 0 Å². The van der Waals surface area contributed by atoms with Crippen LogP contribution >= 0.6 is 23.2 Å². The van der Waals surface area contributed by atoms with Gasteiger partial charge in [0.05, 0.1) is 0 Å². The molecule has 0 fully saturated rings. The van der Waals surface area contributed by atoms with Gasteiger partial charge in [-0.2, -0.15) is 0 Å². The standard InChI is InChI=1S/C19H14Cl2O5/c1-10-12-6-5-11(25-9-14-15(20)3-2-4-16(14)21)7-17(12)26-19(24)13(10)8-18(22)23/h2-7H,8-9H2,1H3,(H,22,23)/p-1. The maximum Gasteiger partial charge on any atom is 0.340 e. The lowest BCUT2D eigenvalue weighted by atomic mass is 10.0. The lowest BCUT2D eigenvalue weighted by Gasteiger charge is -2.11. The maximum atomic E-state index is 12.0. The molecule has 134 valence electrons. The van der Waals surface area contributed by atoms with Gasteiger partial charge in [-0.05, 0) is 36.8 Å². The second-order valence-corrected chi connectivity index (χ2v) is 6.50. The van der Waals surface area contributed by atoms with E-state index < -0.39 is 18.0 Å². The smallest absolute Gasteiger partial charge is 0.340 e. The molecule has 0 amide bonds. The van der Waals surface area contributed by atoms with Gasteiger partial charge in [0, 0.05) is 45.0 Å². The van der Waals surface area contributed by atoms with E-state index in [4.69, 9.17) is 32.4 Å². The van der Waals surface area contributed by atoms with Crippen LogP contribution in [0, 0.1) is 6.92 Å². The van der Waals surface area contributed by atoms with Crippen molar-refractivity contribution in [2.24, 2.45) is 0 Å². The molecule has 0 bridgehead atoms. The van der Waals surface area contributed by atoms with Crippen LogP contribution in [0.25, 0.3) is 11.0 Å². The molecule has 0 saturated heterocycles. The van der Waals surface area contributed by atoms with E-state index in [0.29, 0.717) is 37.9 Å². The number of carboxylic acids is 1. The van der Waals surface area contributed by atoms with Crippen LogP contribution < -0.4 is 15.5 Å². The third-order valence-corrected chi connectivity index (χ3v) is 4.73. The quantitative estimate of drug-likeness (QED) is 0.623. The first-order valence-corrected chi connectivity index (χ1v) is 8.44. The van der Waals surface area contributed by atoms with Crippen molar-refractivity contribution in [3.63, 3.8) is 0 Å². The number of halogens is 2. The van der Waals surface area contributed by atoms with Gasteiger partial charge >= 0.3 is 5.63 Å². The third-order valence-electron chi connectivity index (χ3n) is 4.02. The van der Waals surface area contributed by atoms with Gasteiger partial charge in [0.15, 0.2) is 0 Å². The van der Waals surface area contributed by atoms with Crippen LogP contribution in [0.3, 0.4) is 0 Å². The predicted molar refractivity (Wildman–Crippen MR) is 96.7 cm³/mol. The molecule has 2 aromatic carbocycles. The normalized spacial score (nSPS) is 10.9. The molecule has 3 rings (SSSR count). The highest BCUT2D eigenvalue weighted by atomic mass is 35.5. The van der Waals surface area contributed by atoms with Crippen LogP contribution in [-0.2, 0) is 17.8 Å². The Labute approximate surface area is 158 Å². The lowest BCUT2D eigenvalue weighted by Crippen LogP contribution is -2.27. The summed E-state index contributed by atoms with van der Waals surface area (Å²) >= 11 is 12.2. The fraction of sp³-hybridized carbons (Fsp3) is 0.158. The van der Waals surface area contributed by atoms with Crippen LogP contribution in [0.2, 0.25) is 10.0 Å². The molecule has 1 aromatic heterocycles. The number of fused-ring (bicyclic) bond motifs is 1. The summed E-state index contributed by atoms with van der Waals surface area (Å²) in [6.07, 6.45) is -0.493. The van der Waals surface area contributed by atoms with E-state index >= 15 is 0 Å².